The average molecular weight is 520 g/mol. The molecule has 0 aliphatic carbocycles. The van der Waals surface area contributed by atoms with Gasteiger partial charge in [0.2, 0.25) is 0 Å². The Morgan fingerprint density at radius 1 is 0.889 bits per heavy atom. The molecule has 15 heteroatoms. The number of carbonyl (C=O) groups excluding carboxylic acids is 1. The Bertz CT molecular complexity index is 1100. The minimum absolute atomic E-state index is 0.154. The zero-order valence-corrected chi connectivity index (χ0v) is 18.0. The van der Waals surface area contributed by atoms with Gasteiger partial charge in [0.1, 0.15) is 5.69 Å². The predicted octanol–water partition coefficient (Wildman–Crippen LogP) is 3.71. The molecule has 0 saturated heterocycles. The minimum atomic E-state index is -5.08. The van der Waals surface area contributed by atoms with E-state index in [-0.39, 0.29) is 5.91 Å². The van der Waals surface area contributed by atoms with E-state index >= 15 is 0 Å². The summed E-state index contributed by atoms with van der Waals surface area (Å²) in [6.45, 7) is 0.560. The Hall–Kier alpha value is -4.43. The molecule has 194 valence electrons. The number of rotatable bonds is 5. The molecule has 2 aromatic heterocycles. The summed E-state index contributed by atoms with van der Waals surface area (Å²) in [7, 11) is 0. The Balaban J connectivity index is 0.000000383. The SMILES string of the molecule is O=C(NCCc1cccnc1)c1cc(-c2ccccc2)n[nH]1.O=C(O)C(F)(F)F.O=C(O)C(F)(F)F. The molecule has 36 heavy (non-hydrogen) atoms. The van der Waals surface area contributed by atoms with Gasteiger partial charge < -0.3 is 15.5 Å². The molecule has 0 atom stereocenters. The number of pyridine rings is 1. The number of halogens is 6. The van der Waals surface area contributed by atoms with Crippen LogP contribution in [0, 0.1) is 0 Å². The molecule has 0 radical (unpaired) electrons. The van der Waals surface area contributed by atoms with Gasteiger partial charge in [0.15, 0.2) is 0 Å². The number of alkyl halides is 6. The molecule has 1 aromatic carbocycles. The second-order valence-electron chi connectivity index (χ2n) is 6.51. The van der Waals surface area contributed by atoms with E-state index < -0.39 is 24.3 Å². The fourth-order valence-corrected chi connectivity index (χ4v) is 2.16. The summed E-state index contributed by atoms with van der Waals surface area (Å²) in [4.78, 5) is 33.9. The lowest BCUT2D eigenvalue weighted by Crippen LogP contribution is -2.26. The number of carbonyl (C=O) groups is 3. The quantitative estimate of drug-likeness (QED) is 0.375. The summed E-state index contributed by atoms with van der Waals surface area (Å²) in [5, 5.41) is 24.1. The van der Waals surface area contributed by atoms with Crippen molar-refractivity contribution in [2.24, 2.45) is 0 Å². The van der Waals surface area contributed by atoms with Gasteiger partial charge in [-0.3, -0.25) is 14.9 Å². The van der Waals surface area contributed by atoms with E-state index in [1.54, 1.807) is 18.5 Å². The molecule has 0 bridgehead atoms. The number of hydrogen-bond acceptors (Lipinski definition) is 5. The molecule has 0 unspecified atom stereocenters. The Kier molecular flexibility index (Phi) is 11.1. The normalized spacial score (nSPS) is 10.7. The Labute approximate surface area is 198 Å². The van der Waals surface area contributed by atoms with Crippen molar-refractivity contribution in [1.82, 2.24) is 20.5 Å². The van der Waals surface area contributed by atoms with Crippen molar-refractivity contribution in [2.75, 3.05) is 6.54 Å². The summed E-state index contributed by atoms with van der Waals surface area (Å²) < 4.78 is 63.5. The highest BCUT2D eigenvalue weighted by Gasteiger charge is 2.38. The third-order valence-corrected chi connectivity index (χ3v) is 3.80. The number of benzene rings is 1. The molecule has 4 N–H and O–H groups in total. The van der Waals surface area contributed by atoms with E-state index in [9.17, 15) is 31.1 Å². The molecule has 0 saturated carbocycles. The summed E-state index contributed by atoms with van der Waals surface area (Å²) in [6, 6.07) is 15.4. The van der Waals surface area contributed by atoms with Crippen molar-refractivity contribution in [3.8, 4) is 11.3 Å². The number of H-pyrrole nitrogens is 1. The van der Waals surface area contributed by atoms with Crippen molar-refractivity contribution < 1.29 is 50.9 Å². The van der Waals surface area contributed by atoms with E-state index in [0.717, 1.165) is 23.2 Å². The third kappa shape index (κ3) is 11.1. The van der Waals surface area contributed by atoms with Gasteiger partial charge in [-0.2, -0.15) is 31.4 Å². The van der Waals surface area contributed by atoms with Crippen LogP contribution in [0.1, 0.15) is 16.1 Å². The molecule has 3 aromatic rings. The van der Waals surface area contributed by atoms with E-state index in [2.05, 4.69) is 20.5 Å². The van der Waals surface area contributed by atoms with Gasteiger partial charge in [-0.15, -0.1) is 0 Å². The molecule has 0 spiro atoms. The van der Waals surface area contributed by atoms with Gasteiger partial charge >= 0.3 is 24.3 Å². The number of amides is 1. The van der Waals surface area contributed by atoms with Crippen LogP contribution >= 0.6 is 0 Å². The summed E-state index contributed by atoms with van der Waals surface area (Å²) in [5.41, 5.74) is 3.30. The maximum atomic E-state index is 12.1. The number of aliphatic carboxylic acids is 2. The first-order chi connectivity index (χ1) is 16.7. The lowest BCUT2D eigenvalue weighted by molar-refractivity contribution is -0.193. The number of hydrogen-bond donors (Lipinski definition) is 4. The number of aromatic nitrogens is 3. The first-order valence-electron chi connectivity index (χ1n) is 9.60. The van der Waals surface area contributed by atoms with Crippen LogP contribution in [-0.4, -0.2) is 62.1 Å². The summed E-state index contributed by atoms with van der Waals surface area (Å²) in [5.74, 6) is -5.67. The highest BCUT2D eigenvalue weighted by molar-refractivity contribution is 5.93. The van der Waals surface area contributed by atoms with E-state index in [1.165, 1.54) is 0 Å². The maximum absolute atomic E-state index is 12.1. The second kappa shape index (κ2) is 13.5. The zero-order chi connectivity index (χ0) is 27.4. The van der Waals surface area contributed by atoms with Crippen molar-refractivity contribution in [1.29, 1.82) is 0 Å². The van der Waals surface area contributed by atoms with Crippen molar-refractivity contribution in [3.63, 3.8) is 0 Å². The van der Waals surface area contributed by atoms with Gasteiger partial charge in [-0.25, -0.2) is 9.59 Å². The summed E-state index contributed by atoms with van der Waals surface area (Å²) >= 11 is 0. The maximum Gasteiger partial charge on any atom is 0.490 e. The molecule has 0 aliphatic rings. The van der Waals surface area contributed by atoms with E-state index in [0.29, 0.717) is 12.2 Å². The van der Waals surface area contributed by atoms with Gasteiger partial charge in [-0.1, -0.05) is 36.4 Å². The fraction of sp³-hybridized carbons (Fsp3) is 0.190. The molecule has 0 fully saturated rings. The topological polar surface area (TPSA) is 145 Å². The van der Waals surface area contributed by atoms with Crippen LogP contribution in [-0.2, 0) is 16.0 Å². The molecule has 0 aliphatic heterocycles. The van der Waals surface area contributed by atoms with Crippen LogP contribution < -0.4 is 5.32 Å². The van der Waals surface area contributed by atoms with E-state index in [4.69, 9.17) is 19.8 Å². The van der Waals surface area contributed by atoms with Crippen LogP contribution in [0.25, 0.3) is 11.3 Å². The van der Waals surface area contributed by atoms with Crippen molar-refractivity contribution in [2.45, 2.75) is 18.8 Å². The standard InChI is InChI=1S/C17H16N4O.2C2HF3O2/c22-17(19-10-8-13-5-4-9-18-12-13)16-11-15(20-21-16)14-6-2-1-3-7-14;2*3-2(4,5)1(6)7/h1-7,9,11-12H,8,10H2,(H,19,22)(H,20,21);2*(H,6,7). The van der Waals surface area contributed by atoms with Crippen LogP contribution in [0.5, 0.6) is 0 Å². The Morgan fingerprint density at radius 2 is 1.44 bits per heavy atom. The Morgan fingerprint density at radius 3 is 1.92 bits per heavy atom. The van der Waals surface area contributed by atoms with Gasteiger partial charge in [0.25, 0.3) is 5.91 Å². The number of carboxylic acid groups (broad SMARTS) is 2. The smallest absolute Gasteiger partial charge is 0.475 e. The average Bonchev–Trinajstić information content (AvgIpc) is 3.30. The second-order valence-corrected chi connectivity index (χ2v) is 6.51. The van der Waals surface area contributed by atoms with Crippen molar-refractivity contribution in [3.05, 3.63) is 72.2 Å². The zero-order valence-electron chi connectivity index (χ0n) is 18.0. The largest absolute Gasteiger partial charge is 0.490 e. The molecular weight excluding hydrogens is 502 g/mol. The number of aromatic amines is 1. The van der Waals surface area contributed by atoms with Gasteiger partial charge in [-0.05, 0) is 24.1 Å². The van der Waals surface area contributed by atoms with Crippen LogP contribution in [0.4, 0.5) is 26.3 Å². The monoisotopic (exact) mass is 520 g/mol. The molecule has 9 nitrogen and oxygen atoms in total. The first-order valence-corrected chi connectivity index (χ1v) is 9.60. The predicted molar refractivity (Wildman–Crippen MR) is 112 cm³/mol. The van der Waals surface area contributed by atoms with Crippen LogP contribution in [0.15, 0.2) is 60.9 Å². The highest BCUT2D eigenvalue weighted by atomic mass is 19.4. The van der Waals surface area contributed by atoms with Gasteiger partial charge in [0.05, 0.1) is 5.69 Å². The molecule has 1 amide bonds. The van der Waals surface area contributed by atoms with E-state index in [1.807, 2.05) is 42.5 Å². The molecular formula is C21H18F6N4O5. The minimum Gasteiger partial charge on any atom is -0.475 e. The third-order valence-electron chi connectivity index (χ3n) is 3.80. The lowest BCUT2D eigenvalue weighted by Gasteiger charge is -2.03. The highest BCUT2D eigenvalue weighted by Crippen LogP contribution is 2.17. The molecule has 3 rings (SSSR count). The number of nitrogens with zero attached hydrogens (tertiary/aromatic N) is 2. The number of carboxylic acids is 2. The van der Waals surface area contributed by atoms with Crippen molar-refractivity contribution >= 4 is 17.8 Å². The van der Waals surface area contributed by atoms with Gasteiger partial charge in [0, 0.05) is 24.5 Å². The van der Waals surface area contributed by atoms with Crippen LogP contribution in [0.3, 0.4) is 0 Å². The number of nitrogens with one attached hydrogen (secondary N) is 2. The van der Waals surface area contributed by atoms with Crippen LogP contribution in [0.2, 0.25) is 0 Å². The lowest BCUT2D eigenvalue weighted by atomic mass is 10.1. The summed E-state index contributed by atoms with van der Waals surface area (Å²) in [6.07, 6.45) is -5.88. The molecule has 2 heterocycles. The fourth-order valence-electron chi connectivity index (χ4n) is 2.16. The first kappa shape index (κ1) is 29.6.